The lowest BCUT2D eigenvalue weighted by atomic mass is 10.2. The van der Waals surface area contributed by atoms with Crippen LogP contribution in [-0.4, -0.2) is 36.8 Å². The molecule has 0 aliphatic heterocycles. The molecule has 0 amide bonds. The number of carbonyl (C=O) groups is 2. The van der Waals surface area contributed by atoms with Crippen LogP contribution in [-0.2, 0) is 16.1 Å². The molecule has 144 valence electrons. The standard InChI is InChI=1S/C19H18N4O4S/c1-12-9-23(19(27)22-18(12)26)10-13(24)6-7-14(25)11-28-17-8-20-15-4-2-3-5-16(15)21-17/h2-5,8-9H,6-7,10-11H2,1H3,(H,22,26,27). The first kappa shape index (κ1) is 19.7. The molecule has 0 saturated carbocycles. The zero-order valence-corrected chi connectivity index (χ0v) is 16.0. The van der Waals surface area contributed by atoms with Crippen molar-refractivity contribution >= 4 is 34.4 Å². The Labute approximate surface area is 164 Å². The summed E-state index contributed by atoms with van der Waals surface area (Å²) in [6, 6.07) is 7.47. The number of carbonyl (C=O) groups excluding carboxylic acids is 2. The SMILES string of the molecule is Cc1cn(CC(=O)CCC(=O)CSc2cnc3ccccc3n2)c(=O)[nH]c1=O. The Hall–Kier alpha value is -3.07. The highest BCUT2D eigenvalue weighted by Gasteiger charge is 2.11. The van der Waals surface area contributed by atoms with Gasteiger partial charge in [0.25, 0.3) is 5.56 Å². The van der Waals surface area contributed by atoms with Gasteiger partial charge in [-0.2, -0.15) is 0 Å². The van der Waals surface area contributed by atoms with Crippen molar-refractivity contribution in [3.8, 4) is 0 Å². The maximum Gasteiger partial charge on any atom is 0.328 e. The summed E-state index contributed by atoms with van der Waals surface area (Å²) in [7, 11) is 0. The summed E-state index contributed by atoms with van der Waals surface area (Å²) in [5.74, 6) is -0.145. The number of ketones is 2. The van der Waals surface area contributed by atoms with Crippen LogP contribution in [0, 0.1) is 6.92 Å². The Morgan fingerprint density at radius 2 is 1.82 bits per heavy atom. The number of aryl methyl sites for hydroxylation is 1. The second-order valence-corrected chi connectivity index (χ2v) is 7.26. The van der Waals surface area contributed by atoms with Crippen molar-refractivity contribution in [2.24, 2.45) is 0 Å². The molecule has 0 aliphatic carbocycles. The number of benzene rings is 1. The number of Topliss-reactive ketones (excluding diaryl/α,β-unsaturated/α-hetero) is 2. The van der Waals surface area contributed by atoms with Crippen molar-refractivity contribution in [3.05, 3.63) is 63.1 Å². The van der Waals surface area contributed by atoms with Gasteiger partial charge in [-0.05, 0) is 19.1 Å². The van der Waals surface area contributed by atoms with Gasteiger partial charge in [-0.3, -0.25) is 28.9 Å². The Kier molecular flexibility index (Phi) is 6.15. The lowest BCUT2D eigenvalue weighted by Gasteiger charge is -2.05. The van der Waals surface area contributed by atoms with Crippen LogP contribution in [0.4, 0.5) is 0 Å². The highest BCUT2D eigenvalue weighted by molar-refractivity contribution is 7.99. The number of hydrogen-bond acceptors (Lipinski definition) is 7. The third kappa shape index (κ3) is 5.01. The van der Waals surface area contributed by atoms with Crippen LogP contribution in [0.15, 0.2) is 51.3 Å². The van der Waals surface area contributed by atoms with Gasteiger partial charge in [0.2, 0.25) is 0 Å². The molecule has 3 aromatic rings. The largest absolute Gasteiger partial charge is 0.328 e. The third-order valence-electron chi connectivity index (χ3n) is 4.03. The molecule has 8 nitrogen and oxygen atoms in total. The van der Waals surface area contributed by atoms with E-state index in [4.69, 9.17) is 0 Å². The summed E-state index contributed by atoms with van der Waals surface area (Å²) in [5, 5.41) is 0.647. The van der Waals surface area contributed by atoms with Gasteiger partial charge in [0, 0.05) is 24.6 Å². The first-order valence-corrected chi connectivity index (χ1v) is 9.59. The predicted molar refractivity (Wildman–Crippen MR) is 106 cm³/mol. The predicted octanol–water partition coefficient (Wildman–Crippen LogP) is 1.50. The van der Waals surface area contributed by atoms with Gasteiger partial charge in [-0.25, -0.2) is 9.78 Å². The molecule has 0 unspecified atom stereocenters. The molecule has 0 saturated heterocycles. The second kappa shape index (κ2) is 8.75. The number of H-pyrrole nitrogens is 1. The number of thioether (sulfide) groups is 1. The minimum Gasteiger partial charge on any atom is -0.299 e. The number of nitrogens with zero attached hydrogens (tertiary/aromatic N) is 3. The number of nitrogens with one attached hydrogen (secondary N) is 1. The monoisotopic (exact) mass is 398 g/mol. The topological polar surface area (TPSA) is 115 Å². The van der Waals surface area contributed by atoms with E-state index in [9.17, 15) is 19.2 Å². The molecule has 1 aromatic carbocycles. The molecule has 1 N–H and O–H groups in total. The van der Waals surface area contributed by atoms with E-state index < -0.39 is 11.2 Å². The van der Waals surface area contributed by atoms with Crippen LogP contribution in [0.3, 0.4) is 0 Å². The molecule has 0 bridgehead atoms. The molecule has 0 aliphatic rings. The summed E-state index contributed by atoms with van der Waals surface area (Å²) in [5.41, 5.74) is 0.781. The van der Waals surface area contributed by atoms with Crippen molar-refractivity contribution in [2.45, 2.75) is 31.3 Å². The summed E-state index contributed by atoms with van der Waals surface area (Å²) in [6.45, 7) is 1.38. The molecule has 2 aromatic heterocycles. The van der Waals surface area contributed by atoms with E-state index in [1.807, 2.05) is 24.3 Å². The molecule has 0 atom stereocenters. The van der Waals surface area contributed by atoms with Gasteiger partial charge in [-0.1, -0.05) is 23.9 Å². The van der Waals surface area contributed by atoms with E-state index in [0.29, 0.717) is 10.6 Å². The smallest absolute Gasteiger partial charge is 0.299 e. The van der Waals surface area contributed by atoms with Crippen molar-refractivity contribution in [1.29, 1.82) is 0 Å². The van der Waals surface area contributed by atoms with Crippen molar-refractivity contribution in [1.82, 2.24) is 19.5 Å². The Morgan fingerprint density at radius 3 is 2.61 bits per heavy atom. The van der Waals surface area contributed by atoms with Crippen molar-refractivity contribution < 1.29 is 9.59 Å². The maximum absolute atomic E-state index is 12.1. The van der Waals surface area contributed by atoms with Gasteiger partial charge < -0.3 is 0 Å². The first-order valence-electron chi connectivity index (χ1n) is 8.61. The van der Waals surface area contributed by atoms with Crippen LogP contribution >= 0.6 is 11.8 Å². The summed E-state index contributed by atoms with van der Waals surface area (Å²) in [6.07, 6.45) is 3.09. The van der Waals surface area contributed by atoms with E-state index >= 15 is 0 Å². The molecule has 0 spiro atoms. The Balaban J connectivity index is 1.49. The molecule has 9 heteroatoms. The van der Waals surface area contributed by atoms with E-state index in [0.717, 1.165) is 15.6 Å². The first-order chi connectivity index (χ1) is 13.4. The number of hydrogen-bond donors (Lipinski definition) is 1. The maximum atomic E-state index is 12.1. The fourth-order valence-electron chi connectivity index (χ4n) is 2.52. The molecule has 3 rings (SSSR count). The average molecular weight is 398 g/mol. The Morgan fingerprint density at radius 1 is 1.11 bits per heavy atom. The molecule has 28 heavy (non-hydrogen) atoms. The van der Waals surface area contributed by atoms with E-state index in [2.05, 4.69) is 15.0 Å². The molecular formula is C19H18N4O4S. The van der Waals surface area contributed by atoms with E-state index in [1.165, 1.54) is 18.0 Å². The average Bonchev–Trinajstić information content (AvgIpc) is 2.68. The quantitative estimate of drug-likeness (QED) is 0.572. The second-order valence-electron chi connectivity index (χ2n) is 6.26. The number of fused-ring (bicyclic) bond motifs is 1. The van der Waals surface area contributed by atoms with Gasteiger partial charge in [0.15, 0.2) is 5.78 Å². The highest BCUT2D eigenvalue weighted by Crippen LogP contribution is 2.18. The minimum atomic E-state index is -0.638. The lowest BCUT2D eigenvalue weighted by Crippen LogP contribution is -2.32. The minimum absolute atomic E-state index is 0.0351. The summed E-state index contributed by atoms with van der Waals surface area (Å²) in [4.78, 5) is 58.0. The Bertz CT molecular complexity index is 1150. The van der Waals surface area contributed by atoms with Crippen LogP contribution in [0.25, 0.3) is 11.0 Å². The van der Waals surface area contributed by atoms with Gasteiger partial charge in [0.05, 0.1) is 29.5 Å². The molecule has 2 heterocycles. The zero-order valence-electron chi connectivity index (χ0n) is 15.2. The van der Waals surface area contributed by atoms with E-state index in [1.54, 1.807) is 13.1 Å². The molecule has 0 radical (unpaired) electrons. The van der Waals surface area contributed by atoms with Gasteiger partial charge in [0.1, 0.15) is 10.8 Å². The van der Waals surface area contributed by atoms with E-state index in [-0.39, 0.29) is 36.7 Å². The van der Waals surface area contributed by atoms with Crippen LogP contribution in [0.2, 0.25) is 0 Å². The van der Waals surface area contributed by atoms with Crippen LogP contribution in [0.1, 0.15) is 18.4 Å². The fourth-order valence-corrected chi connectivity index (χ4v) is 3.26. The fraction of sp³-hybridized carbons (Fsp3) is 0.263. The highest BCUT2D eigenvalue weighted by atomic mass is 32.2. The summed E-state index contributed by atoms with van der Waals surface area (Å²) < 4.78 is 1.14. The number of rotatable bonds is 8. The lowest BCUT2D eigenvalue weighted by molar-refractivity contribution is -0.123. The number of para-hydroxylation sites is 2. The van der Waals surface area contributed by atoms with Gasteiger partial charge in [-0.15, -0.1) is 0 Å². The number of aromatic amines is 1. The normalized spacial score (nSPS) is 10.9. The van der Waals surface area contributed by atoms with Crippen LogP contribution < -0.4 is 11.2 Å². The number of aromatic nitrogens is 4. The van der Waals surface area contributed by atoms with Crippen molar-refractivity contribution in [2.75, 3.05) is 5.75 Å². The van der Waals surface area contributed by atoms with Crippen LogP contribution in [0.5, 0.6) is 0 Å². The molecular weight excluding hydrogens is 380 g/mol. The van der Waals surface area contributed by atoms with Gasteiger partial charge >= 0.3 is 5.69 Å². The van der Waals surface area contributed by atoms with Crippen molar-refractivity contribution in [3.63, 3.8) is 0 Å². The third-order valence-corrected chi connectivity index (χ3v) is 4.98. The molecule has 0 fully saturated rings. The summed E-state index contributed by atoms with van der Waals surface area (Å²) >= 11 is 1.28. The zero-order chi connectivity index (χ0) is 20.1.